The third-order valence-electron chi connectivity index (χ3n) is 4.80. The summed E-state index contributed by atoms with van der Waals surface area (Å²) in [6.07, 6.45) is 0.442. The number of rotatable bonds is 6. The number of carbonyl (C=O) groups excluding carboxylic acids is 2. The Morgan fingerprint density at radius 3 is 2.79 bits per heavy atom. The summed E-state index contributed by atoms with van der Waals surface area (Å²) in [4.78, 5) is 28.4. The van der Waals surface area contributed by atoms with Crippen LogP contribution in [0.1, 0.15) is 40.7 Å². The van der Waals surface area contributed by atoms with Crippen LogP contribution in [-0.2, 0) is 11.3 Å². The summed E-state index contributed by atoms with van der Waals surface area (Å²) < 4.78 is 0. The molecule has 0 saturated carbocycles. The number of hydrogen-bond donors (Lipinski definition) is 4. The predicted octanol–water partition coefficient (Wildman–Crippen LogP) is 2.23. The zero-order chi connectivity index (χ0) is 20.6. The van der Waals surface area contributed by atoms with Crippen LogP contribution < -0.4 is 21.3 Å². The topological polar surface area (TPSA) is 94.6 Å². The third-order valence-corrected chi connectivity index (χ3v) is 4.80. The molecular weight excluding hydrogens is 366 g/mol. The Kier molecular flexibility index (Phi) is 6.84. The van der Waals surface area contributed by atoms with Crippen molar-refractivity contribution in [3.05, 3.63) is 65.2 Å². The molecule has 4 N–H and O–H groups in total. The van der Waals surface area contributed by atoms with Crippen molar-refractivity contribution in [1.82, 2.24) is 16.0 Å². The molecule has 0 radical (unpaired) electrons. The lowest BCUT2D eigenvalue weighted by atomic mass is 9.90. The van der Waals surface area contributed by atoms with Crippen LogP contribution in [-0.4, -0.2) is 37.9 Å². The van der Waals surface area contributed by atoms with Gasteiger partial charge in [-0.1, -0.05) is 30.3 Å². The van der Waals surface area contributed by atoms with Gasteiger partial charge in [-0.3, -0.25) is 9.59 Å². The van der Waals surface area contributed by atoms with E-state index in [9.17, 15) is 9.59 Å². The van der Waals surface area contributed by atoms with Gasteiger partial charge in [0, 0.05) is 43.7 Å². The standard InChI is InChI=1S/C22H27N5O2/c1-3-24-22(25-13-15-7-6-8-16(11-15)21(29)23-2)26-14-17-12-20(28)27-19-10-5-4-9-18(17)19/h4-11,17H,3,12-14H2,1-2H3,(H,23,29)(H,27,28)(H2,24,25,26). The fourth-order valence-corrected chi connectivity index (χ4v) is 3.37. The van der Waals surface area contributed by atoms with Crippen LogP contribution in [0.15, 0.2) is 53.5 Å². The molecule has 1 heterocycles. The Hall–Kier alpha value is -3.35. The molecule has 2 aromatic carbocycles. The van der Waals surface area contributed by atoms with E-state index in [0.717, 1.165) is 23.4 Å². The van der Waals surface area contributed by atoms with Crippen LogP contribution in [0.4, 0.5) is 5.69 Å². The summed E-state index contributed by atoms with van der Waals surface area (Å²) in [5.41, 5.74) is 3.57. The number of fused-ring (bicyclic) bond motifs is 1. The summed E-state index contributed by atoms with van der Waals surface area (Å²) >= 11 is 0. The van der Waals surface area contributed by atoms with Crippen LogP contribution in [0, 0.1) is 0 Å². The van der Waals surface area contributed by atoms with Gasteiger partial charge in [0.2, 0.25) is 5.91 Å². The number of nitrogens with one attached hydrogen (secondary N) is 4. The van der Waals surface area contributed by atoms with Crippen LogP contribution in [0.2, 0.25) is 0 Å². The first-order valence-corrected chi connectivity index (χ1v) is 9.82. The van der Waals surface area contributed by atoms with Crippen LogP contribution in [0.25, 0.3) is 0 Å². The second-order valence-electron chi connectivity index (χ2n) is 6.89. The molecule has 1 unspecified atom stereocenters. The number of benzene rings is 2. The van der Waals surface area contributed by atoms with Gasteiger partial charge in [-0.2, -0.15) is 0 Å². The van der Waals surface area contributed by atoms with Gasteiger partial charge in [-0.05, 0) is 36.2 Å². The lowest BCUT2D eigenvalue weighted by molar-refractivity contribution is -0.116. The van der Waals surface area contributed by atoms with Gasteiger partial charge >= 0.3 is 0 Å². The number of anilines is 1. The molecule has 0 fully saturated rings. The first kappa shape index (κ1) is 20.4. The van der Waals surface area contributed by atoms with E-state index in [2.05, 4.69) is 32.3 Å². The monoisotopic (exact) mass is 393 g/mol. The molecule has 0 saturated heterocycles. The highest BCUT2D eigenvalue weighted by molar-refractivity contribution is 5.95. The maximum absolute atomic E-state index is 12.0. The van der Waals surface area contributed by atoms with Crippen molar-refractivity contribution in [2.45, 2.75) is 25.8 Å². The summed E-state index contributed by atoms with van der Waals surface area (Å²) in [6, 6.07) is 15.3. The van der Waals surface area contributed by atoms with Crippen molar-refractivity contribution < 1.29 is 9.59 Å². The Bertz CT molecular complexity index is 910. The zero-order valence-electron chi connectivity index (χ0n) is 16.8. The van der Waals surface area contributed by atoms with E-state index < -0.39 is 0 Å². The van der Waals surface area contributed by atoms with Crippen molar-refractivity contribution in [1.29, 1.82) is 0 Å². The highest BCUT2D eigenvalue weighted by Gasteiger charge is 2.24. The van der Waals surface area contributed by atoms with Crippen molar-refractivity contribution in [2.75, 3.05) is 25.5 Å². The van der Waals surface area contributed by atoms with Crippen molar-refractivity contribution >= 4 is 23.5 Å². The van der Waals surface area contributed by atoms with Gasteiger partial charge in [-0.25, -0.2) is 4.99 Å². The maximum atomic E-state index is 12.0. The second-order valence-corrected chi connectivity index (χ2v) is 6.89. The van der Waals surface area contributed by atoms with E-state index in [-0.39, 0.29) is 17.7 Å². The number of amides is 2. The molecule has 152 valence electrons. The van der Waals surface area contributed by atoms with Crippen LogP contribution in [0.5, 0.6) is 0 Å². The number of carbonyl (C=O) groups is 2. The maximum Gasteiger partial charge on any atom is 0.251 e. The molecule has 1 aliphatic heterocycles. The molecule has 0 aromatic heterocycles. The fourth-order valence-electron chi connectivity index (χ4n) is 3.37. The summed E-state index contributed by atoms with van der Waals surface area (Å²) in [5, 5.41) is 12.1. The molecule has 7 nitrogen and oxygen atoms in total. The average molecular weight is 393 g/mol. The Balaban J connectivity index is 1.68. The van der Waals surface area contributed by atoms with Gasteiger partial charge in [0.25, 0.3) is 5.91 Å². The van der Waals surface area contributed by atoms with E-state index in [4.69, 9.17) is 0 Å². The summed E-state index contributed by atoms with van der Waals surface area (Å²) in [5.74, 6) is 0.681. The minimum atomic E-state index is -0.116. The van der Waals surface area contributed by atoms with E-state index in [1.165, 1.54) is 0 Å². The molecular formula is C22H27N5O2. The largest absolute Gasteiger partial charge is 0.357 e. The quantitative estimate of drug-likeness (QED) is 0.447. The summed E-state index contributed by atoms with van der Waals surface area (Å²) in [7, 11) is 1.62. The van der Waals surface area contributed by atoms with Gasteiger partial charge < -0.3 is 21.3 Å². The van der Waals surface area contributed by atoms with Gasteiger partial charge in [0.15, 0.2) is 5.96 Å². The molecule has 3 rings (SSSR count). The lowest BCUT2D eigenvalue weighted by Gasteiger charge is -2.26. The first-order valence-electron chi connectivity index (χ1n) is 9.82. The minimum Gasteiger partial charge on any atom is -0.357 e. The normalized spacial score (nSPS) is 15.9. The minimum absolute atomic E-state index is 0.0310. The van der Waals surface area contributed by atoms with Crippen molar-refractivity contribution in [3.63, 3.8) is 0 Å². The van der Waals surface area contributed by atoms with E-state index in [1.54, 1.807) is 13.1 Å². The molecule has 1 aliphatic rings. The van der Waals surface area contributed by atoms with Crippen LogP contribution >= 0.6 is 0 Å². The average Bonchev–Trinajstić information content (AvgIpc) is 2.75. The van der Waals surface area contributed by atoms with Crippen LogP contribution in [0.3, 0.4) is 0 Å². The summed E-state index contributed by atoms with van der Waals surface area (Å²) in [6.45, 7) is 3.79. The van der Waals surface area contributed by atoms with E-state index in [0.29, 0.717) is 31.0 Å². The van der Waals surface area contributed by atoms with Crippen molar-refractivity contribution in [2.24, 2.45) is 4.99 Å². The highest BCUT2D eigenvalue weighted by Crippen LogP contribution is 2.31. The van der Waals surface area contributed by atoms with E-state index in [1.807, 2.05) is 43.3 Å². The lowest BCUT2D eigenvalue weighted by Crippen LogP contribution is -2.40. The molecule has 1 atom stereocenters. The Morgan fingerprint density at radius 2 is 2.00 bits per heavy atom. The van der Waals surface area contributed by atoms with E-state index >= 15 is 0 Å². The number of hydrogen-bond acceptors (Lipinski definition) is 3. The van der Waals surface area contributed by atoms with Gasteiger partial charge in [-0.15, -0.1) is 0 Å². The number of guanidine groups is 1. The highest BCUT2D eigenvalue weighted by atomic mass is 16.2. The zero-order valence-corrected chi connectivity index (χ0v) is 16.8. The third kappa shape index (κ3) is 5.34. The molecule has 0 aliphatic carbocycles. The van der Waals surface area contributed by atoms with Crippen molar-refractivity contribution in [3.8, 4) is 0 Å². The molecule has 7 heteroatoms. The molecule has 2 aromatic rings. The number of aliphatic imine (C=N–C) groups is 1. The molecule has 0 bridgehead atoms. The fraction of sp³-hybridized carbons (Fsp3) is 0.318. The SMILES string of the molecule is CCNC(=NCc1cccc(C(=O)NC)c1)NCC1CC(=O)Nc2ccccc21. The number of nitrogens with zero attached hydrogens (tertiary/aromatic N) is 1. The van der Waals surface area contributed by atoms with Gasteiger partial charge in [0.1, 0.15) is 0 Å². The predicted molar refractivity (Wildman–Crippen MR) is 115 cm³/mol. The Labute approximate surface area is 171 Å². The molecule has 0 spiro atoms. The first-order chi connectivity index (χ1) is 14.1. The second kappa shape index (κ2) is 9.73. The smallest absolute Gasteiger partial charge is 0.251 e. The number of para-hydroxylation sites is 1. The van der Waals surface area contributed by atoms with Gasteiger partial charge in [0.05, 0.1) is 6.54 Å². The Morgan fingerprint density at radius 1 is 1.17 bits per heavy atom. The molecule has 29 heavy (non-hydrogen) atoms. The molecule has 2 amide bonds.